The average Bonchev–Trinajstić information content (AvgIpc) is 2.92. The number of carbonyl (C=O) groups excluding carboxylic acids is 4. The Kier molecular flexibility index (Phi) is 8.44. The summed E-state index contributed by atoms with van der Waals surface area (Å²) < 4.78 is 16.9. The SMILES string of the molecule is CCN1CCN(C(=O)N[C@@H](C(=O)N[C@H]2Cc3cccc(C(=O)O)c3OB2O)c2ccc(P(=O)(O)O)cn2)C(=O)C1=O. The van der Waals surface area contributed by atoms with E-state index in [1.165, 1.54) is 17.0 Å². The number of amides is 5. The van der Waals surface area contributed by atoms with Crippen LogP contribution >= 0.6 is 7.60 Å². The van der Waals surface area contributed by atoms with Crippen LogP contribution in [0.4, 0.5) is 4.79 Å². The molecule has 1 aromatic heterocycles. The van der Waals surface area contributed by atoms with Crippen LogP contribution in [0.5, 0.6) is 5.75 Å². The first-order chi connectivity index (χ1) is 19.3. The predicted molar refractivity (Wildman–Crippen MR) is 139 cm³/mol. The maximum atomic E-state index is 13.4. The number of urea groups is 1. The molecular formula is C23H25BN5O11P. The van der Waals surface area contributed by atoms with Gasteiger partial charge in [-0.05, 0) is 37.1 Å². The minimum Gasteiger partial charge on any atom is -0.534 e. The smallest absolute Gasteiger partial charge is 0.534 e. The molecule has 16 nitrogen and oxygen atoms in total. The number of carboxylic acids is 1. The van der Waals surface area contributed by atoms with Crippen molar-refractivity contribution < 1.29 is 53.1 Å². The Morgan fingerprint density at radius 2 is 1.90 bits per heavy atom. The number of para-hydroxylation sites is 1. The van der Waals surface area contributed by atoms with Crippen LogP contribution in [0.15, 0.2) is 36.5 Å². The fraction of sp³-hybridized carbons (Fsp3) is 0.304. The maximum absolute atomic E-state index is 13.4. The number of nitrogens with zero attached hydrogens (tertiary/aromatic N) is 3. The summed E-state index contributed by atoms with van der Waals surface area (Å²) in [5.41, 5.74) is 0.00936. The zero-order valence-corrected chi connectivity index (χ0v) is 22.4. The van der Waals surface area contributed by atoms with Crippen LogP contribution in [0.3, 0.4) is 0 Å². The molecular weight excluding hydrogens is 564 g/mol. The number of hydrogen-bond acceptors (Lipinski definition) is 9. The Bertz CT molecular complexity index is 1450. The molecule has 216 valence electrons. The first kappa shape index (κ1) is 29.7. The van der Waals surface area contributed by atoms with Gasteiger partial charge >= 0.3 is 38.5 Å². The Balaban J connectivity index is 1.59. The number of piperazine rings is 1. The second-order valence-electron chi connectivity index (χ2n) is 9.14. The Labute approximate surface area is 232 Å². The largest absolute Gasteiger partial charge is 0.547 e. The van der Waals surface area contributed by atoms with E-state index in [0.29, 0.717) is 10.5 Å². The molecule has 1 saturated heterocycles. The second kappa shape index (κ2) is 11.7. The van der Waals surface area contributed by atoms with Crippen molar-refractivity contribution in [3.63, 3.8) is 0 Å². The van der Waals surface area contributed by atoms with E-state index in [2.05, 4.69) is 15.6 Å². The highest BCUT2D eigenvalue weighted by molar-refractivity contribution is 7.60. The maximum Gasteiger partial charge on any atom is 0.547 e. The lowest BCUT2D eigenvalue weighted by Crippen LogP contribution is -2.60. The number of likely N-dealkylation sites (N-methyl/N-ethyl adjacent to an activating group) is 1. The number of aromatic carboxylic acids is 1. The normalized spacial score (nSPS) is 17.9. The van der Waals surface area contributed by atoms with Crippen LogP contribution in [-0.2, 0) is 25.4 Å². The summed E-state index contributed by atoms with van der Waals surface area (Å²) in [4.78, 5) is 87.3. The first-order valence-corrected chi connectivity index (χ1v) is 13.9. The van der Waals surface area contributed by atoms with Crippen molar-refractivity contribution in [3.05, 3.63) is 53.3 Å². The molecule has 41 heavy (non-hydrogen) atoms. The van der Waals surface area contributed by atoms with Gasteiger partial charge in [0.2, 0.25) is 5.91 Å². The van der Waals surface area contributed by atoms with Crippen molar-refractivity contribution in [2.45, 2.75) is 25.3 Å². The number of aromatic nitrogens is 1. The number of carboxylic acid groups (broad SMARTS) is 1. The van der Waals surface area contributed by atoms with E-state index in [1.807, 2.05) is 0 Å². The van der Waals surface area contributed by atoms with Crippen molar-refractivity contribution in [1.29, 1.82) is 0 Å². The van der Waals surface area contributed by atoms with Crippen LogP contribution in [0, 0.1) is 0 Å². The third-order valence-corrected chi connectivity index (χ3v) is 7.48. The van der Waals surface area contributed by atoms with Gasteiger partial charge in [0.25, 0.3) is 0 Å². The molecule has 4 rings (SSSR count). The van der Waals surface area contributed by atoms with Crippen molar-refractivity contribution in [2.75, 3.05) is 19.6 Å². The van der Waals surface area contributed by atoms with E-state index in [4.69, 9.17) is 4.65 Å². The zero-order chi connectivity index (χ0) is 30.1. The lowest BCUT2D eigenvalue weighted by atomic mass is 9.72. The highest BCUT2D eigenvalue weighted by Gasteiger charge is 2.41. The summed E-state index contributed by atoms with van der Waals surface area (Å²) in [6.07, 6.45) is 0.764. The number of imide groups is 1. The van der Waals surface area contributed by atoms with Gasteiger partial charge in [-0.3, -0.25) is 28.8 Å². The van der Waals surface area contributed by atoms with Crippen molar-refractivity contribution in [3.8, 4) is 5.75 Å². The molecule has 3 heterocycles. The molecule has 1 fully saturated rings. The molecule has 2 aliphatic rings. The van der Waals surface area contributed by atoms with E-state index in [0.717, 1.165) is 18.3 Å². The molecule has 1 aromatic carbocycles. The molecule has 2 aliphatic heterocycles. The number of fused-ring (bicyclic) bond motifs is 1. The van der Waals surface area contributed by atoms with Gasteiger partial charge in [0, 0.05) is 25.8 Å². The predicted octanol–water partition coefficient (Wildman–Crippen LogP) is -1.84. The molecule has 2 atom stereocenters. The van der Waals surface area contributed by atoms with Gasteiger partial charge in [0.15, 0.2) is 6.04 Å². The van der Waals surface area contributed by atoms with Crippen LogP contribution in [0.1, 0.15) is 34.6 Å². The third kappa shape index (κ3) is 6.22. The van der Waals surface area contributed by atoms with Gasteiger partial charge in [-0.2, -0.15) is 0 Å². The number of hydrogen-bond donors (Lipinski definition) is 6. The number of carbonyl (C=O) groups is 5. The van der Waals surface area contributed by atoms with Gasteiger partial charge in [0.05, 0.1) is 22.5 Å². The van der Waals surface area contributed by atoms with E-state index < -0.39 is 61.7 Å². The molecule has 0 spiro atoms. The molecule has 0 unspecified atom stereocenters. The Morgan fingerprint density at radius 1 is 1.17 bits per heavy atom. The molecule has 0 bridgehead atoms. The number of benzene rings is 1. The third-order valence-electron chi connectivity index (χ3n) is 6.55. The van der Waals surface area contributed by atoms with Crippen LogP contribution in [0.2, 0.25) is 0 Å². The van der Waals surface area contributed by atoms with E-state index in [1.54, 1.807) is 13.0 Å². The number of rotatable bonds is 7. The molecule has 18 heteroatoms. The highest BCUT2D eigenvalue weighted by atomic mass is 31.2. The van der Waals surface area contributed by atoms with Crippen LogP contribution < -0.4 is 20.6 Å². The topological polar surface area (TPSA) is 236 Å². The van der Waals surface area contributed by atoms with Gasteiger partial charge in [-0.15, -0.1) is 0 Å². The minimum atomic E-state index is -4.68. The van der Waals surface area contributed by atoms with Crippen molar-refractivity contribution in [2.24, 2.45) is 0 Å². The summed E-state index contributed by atoms with van der Waals surface area (Å²) in [6, 6.07) is 3.64. The standard InChI is InChI=1S/C23H25BN5O11P/c1-2-28-8-9-29(21(32)20(28)31)23(35)27-17(15-7-6-13(11-25-15)41(37,38)39)19(30)26-16-10-12-4-3-5-14(22(33)34)18(12)40-24(16)36/h3-7,11,16-17,36H,2,8-10H2,1H3,(H,26,30)(H,27,35)(H,33,34)(H2,37,38,39)/t16-,17+/m0/s1. The van der Waals surface area contributed by atoms with Crippen LogP contribution in [0.25, 0.3) is 0 Å². The van der Waals surface area contributed by atoms with Crippen molar-refractivity contribution >= 4 is 49.7 Å². The monoisotopic (exact) mass is 589 g/mol. The lowest BCUT2D eigenvalue weighted by molar-refractivity contribution is -0.153. The summed E-state index contributed by atoms with van der Waals surface area (Å²) in [6.45, 7) is 1.84. The molecule has 2 aromatic rings. The fourth-order valence-corrected chi connectivity index (χ4v) is 4.84. The first-order valence-electron chi connectivity index (χ1n) is 12.3. The van der Waals surface area contributed by atoms with Gasteiger partial charge in [-0.25, -0.2) is 9.59 Å². The summed E-state index contributed by atoms with van der Waals surface area (Å²) in [5.74, 6) is -5.43. The van der Waals surface area contributed by atoms with Gasteiger partial charge < -0.3 is 40.1 Å². The van der Waals surface area contributed by atoms with Crippen LogP contribution in [-0.4, -0.2) is 97.1 Å². The quantitative estimate of drug-likeness (QED) is 0.119. The zero-order valence-electron chi connectivity index (χ0n) is 21.5. The molecule has 5 amide bonds. The number of nitrogens with one attached hydrogen (secondary N) is 2. The average molecular weight is 589 g/mol. The van der Waals surface area contributed by atoms with E-state index in [9.17, 15) is 48.5 Å². The van der Waals surface area contributed by atoms with E-state index >= 15 is 0 Å². The Hall–Kier alpha value is -4.31. The number of pyridine rings is 1. The molecule has 0 radical (unpaired) electrons. The van der Waals surface area contributed by atoms with Crippen molar-refractivity contribution in [1.82, 2.24) is 25.4 Å². The molecule has 0 saturated carbocycles. The molecule has 0 aliphatic carbocycles. The van der Waals surface area contributed by atoms with Gasteiger partial charge in [0.1, 0.15) is 5.75 Å². The Morgan fingerprint density at radius 3 is 2.51 bits per heavy atom. The van der Waals surface area contributed by atoms with Gasteiger partial charge in [-0.1, -0.05) is 12.1 Å². The van der Waals surface area contributed by atoms with E-state index in [-0.39, 0.29) is 43.1 Å². The second-order valence-corrected chi connectivity index (χ2v) is 10.7. The summed E-state index contributed by atoms with van der Waals surface area (Å²) in [7, 11) is -6.37. The minimum absolute atomic E-state index is 0.0550. The highest BCUT2D eigenvalue weighted by Crippen LogP contribution is 2.33. The summed E-state index contributed by atoms with van der Waals surface area (Å²) >= 11 is 0. The fourth-order valence-electron chi connectivity index (χ4n) is 4.37. The summed E-state index contributed by atoms with van der Waals surface area (Å²) in [5, 5.41) is 24.3. The molecule has 6 N–H and O–H groups in total. The lowest BCUT2D eigenvalue weighted by Gasteiger charge is -2.33.